The minimum absolute atomic E-state index is 0.0185. The van der Waals surface area contributed by atoms with Crippen LogP contribution in [-0.2, 0) is 9.53 Å². The second kappa shape index (κ2) is 12.6. The van der Waals surface area contributed by atoms with Crippen LogP contribution in [0.3, 0.4) is 0 Å². The molecule has 4 aliphatic carbocycles. The van der Waals surface area contributed by atoms with Crippen molar-refractivity contribution in [2.24, 2.45) is 58.2 Å². The summed E-state index contributed by atoms with van der Waals surface area (Å²) in [4.78, 5) is 12.7. The Kier molecular flexibility index (Phi) is 9.41. The molecule has 1 N–H and O–H groups in total. The van der Waals surface area contributed by atoms with Crippen molar-refractivity contribution in [2.75, 3.05) is 7.11 Å². The quantitative estimate of drug-likeness (QED) is 0.234. The van der Waals surface area contributed by atoms with Gasteiger partial charge in [-0.1, -0.05) is 60.5 Å². The largest absolute Gasteiger partial charge is 0.504 e. The van der Waals surface area contributed by atoms with E-state index < -0.39 is 0 Å². The van der Waals surface area contributed by atoms with Crippen molar-refractivity contribution >= 4 is 12.0 Å². The second-order valence-corrected chi connectivity index (χ2v) is 15.8. The van der Waals surface area contributed by atoms with Crippen LogP contribution in [0.5, 0.6) is 11.5 Å². The molecule has 4 unspecified atom stereocenters. The van der Waals surface area contributed by atoms with Crippen LogP contribution in [0.25, 0.3) is 6.08 Å². The first-order valence-electron chi connectivity index (χ1n) is 17.2. The van der Waals surface area contributed by atoms with E-state index in [1.807, 2.05) is 0 Å². The van der Waals surface area contributed by atoms with Crippen molar-refractivity contribution in [3.8, 4) is 11.5 Å². The van der Waals surface area contributed by atoms with Crippen molar-refractivity contribution in [3.63, 3.8) is 0 Å². The van der Waals surface area contributed by atoms with E-state index in [0.29, 0.717) is 22.5 Å². The van der Waals surface area contributed by atoms with Crippen LogP contribution in [0.4, 0.5) is 0 Å². The summed E-state index contributed by atoms with van der Waals surface area (Å²) in [5, 5.41) is 9.82. The Hall–Kier alpha value is -1.97. The number of carbonyl (C=O) groups excluding carboxylic acids is 1. The SMILES string of the molecule is COc1cc(/C=C/C(=O)O[C@H]2CC[C@]3(C)C4CC[C@@]5(C)C(CC[C@@H]5[C@H](C)CCC(C)C(C)C)C4CC[C@H]3C2)ccc1O. The summed E-state index contributed by atoms with van der Waals surface area (Å²) in [7, 11) is 1.52. The van der Waals surface area contributed by atoms with E-state index in [0.717, 1.165) is 59.8 Å². The van der Waals surface area contributed by atoms with E-state index in [2.05, 4.69) is 41.5 Å². The zero-order chi connectivity index (χ0) is 30.2. The summed E-state index contributed by atoms with van der Waals surface area (Å²) < 4.78 is 11.2. The first-order valence-corrected chi connectivity index (χ1v) is 17.2. The molecule has 4 fully saturated rings. The van der Waals surface area contributed by atoms with Gasteiger partial charge >= 0.3 is 5.97 Å². The molecule has 4 heteroatoms. The second-order valence-electron chi connectivity index (χ2n) is 15.8. The molecule has 5 rings (SSSR count). The summed E-state index contributed by atoms with van der Waals surface area (Å²) in [5.74, 6) is 6.88. The number of fused-ring (bicyclic) bond motifs is 5. The molecule has 0 spiro atoms. The van der Waals surface area contributed by atoms with E-state index in [1.165, 1.54) is 71.0 Å². The lowest BCUT2D eigenvalue weighted by Crippen LogP contribution is -2.54. The number of esters is 1. The monoisotopic (exact) mass is 578 g/mol. The van der Waals surface area contributed by atoms with Gasteiger partial charge in [0.05, 0.1) is 7.11 Å². The number of carbonyl (C=O) groups is 1. The number of ether oxygens (including phenoxy) is 2. The van der Waals surface area contributed by atoms with Crippen molar-refractivity contribution in [3.05, 3.63) is 29.8 Å². The maximum atomic E-state index is 12.7. The number of phenolic OH excluding ortho intramolecular Hbond substituents is 1. The Labute approximate surface area is 256 Å². The molecule has 234 valence electrons. The average Bonchev–Trinajstić information content (AvgIpc) is 3.32. The molecule has 0 amide bonds. The molecule has 10 atom stereocenters. The van der Waals surface area contributed by atoms with Crippen LogP contribution >= 0.6 is 0 Å². The zero-order valence-corrected chi connectivity index (χ0v) is 27.5. The molecule has 1 aromatic carbocycles. The first kappa shape index (κ1) is 31.5. The molecule has 4 aliphatic rings. The molecular formula is C38H58O4. The van der Waals surface area contributed by atoms with Crippen LogP contribution in [0, 0.1) is 58.2 Å². The van der Waals surface area contributed by atoms with Crippen molar-refractivity contribution < 1.29 is 19.4 Å². The van der Waals surface area contributed by atoms with Gasteiger partial charge in [0.1, 0.15) is 6.10 Å². The molecule has 1 aromatic rings. The number of aromatic hydroxyl groups is 1. The highest BCUT2D eigenvalue weighted by Crippen LogP contribution is 2.68. The highest BCUT2D eigenvalue weighted by molar-refractivity contribution is 5.87. The van der Waals surface area contributed by atoms with Gasteiger partial charge in [0.25, 0.3) is 0 Å². The van der Waals surface area contributed by atoms with Crippen LogP contribution in [0.15, 0.2) is 24.3 Å². The van der Waals surface area contributed by atoms with Gasteiger partial charge in [-0.15, -0.1) is 0 Å². The highest BCUT2D eigenvalue weighted by atomic mass is 16.5. The van der Waals surface area contributed by atoms with Crippen LogP contribution in [0.2, 0.25) is 0 Å². The zero-order valence-electron chi connectivity index (χ0n) is 27.5. The summed E-state index contributed by atoms with van der Waals surface area (Å²) in [5.41, 5.74) is 1.72. The van der Waals surface area contributed by atoms with E-state index in [-0.39, 0.29) is 17.8 Å². The number of phenols is 1. The molecule has 0 aliphatic heterocycles. The van der Waals surface area contributed by atoms with Gasteiger partial charge in [-0.25, -0.2) is 4.79 Å². The molecule has 0 bridgehead atoms. The third-order valence-electron chi connectivity index (χ3n) is 13.5. The third-order valence-corrected chi connectivity index (χ3v) is 13.5. The summed E-state index contributed by atoms with van der Waals surface area (Å²) in [6.45, 7) is 15.1. The summed E-state index contributed by atoms with van der Waals surface area (Å²) in [6, 6.07) is 5.07. The Morgan fingerprint density at radius 3 is 2.45 bits per heavy atom. The van der Waals surface area contributed by atoms with Gasteiger partial charge in [0.2, 0.25) is 0 Å². The van der Waals surface area contributed by atoms with E-state index in [1.54, 1.807) is 24.3 Å². The maximum absolute atomic E-state index is 12.7. The van der Waals surface area contributed by atoms with Crippen molar-refractivity contribution in [2.45, 2.75) is 118 Å². The fraction of sp³-hybridized carbons (Fsp3) is 0.763. The number of rotatable bonds is 9. The molecule has 0 aromatic heterocycles. The average molecular weight is 579 g/mol. The minimum atomic E-state index is -0.272. The van der Waals surface area contributed by atoms with Crippen molar-refractivity contribution in [1.29, 1.82) is 0 Å². The normalized spacial score (nSPS) is 37.5. The topological polar surface area (TPSA) is 55.8 Å². The van der Waals surface area contributed by atoms with Gasteiger partial charge in [0.15, 0.2) is 11.5 Å². The van der Waals surface area contributed by atoms with Gasteiger partial charge < -0.3 is 14.6 Å². The maximum Gasteiger partial charge on any atom is 0.331 e. The van der Waals surface area contributed by atoms with Gasteiger partial charge in [0, 0.05) is 6.08 Å². The van der Waals surface area contributed by atoms with E-state index in [4.69, 9.17) is 9.47 Å². The third kappa shape index (κ3) is 6.03. The van der Waals surface area contributed by atoms with Gasteiger partial charge in [-0.05, 0) is 140 Å². The molecule has 0 heterocycles. The molecule has 4 saturated carbocycles. The fourth-order valence-corrected chi connectivity index (χ4v) is 10.5. The smallest absolute Gasteiger partial charge is 0.331 e. The number of benzene rings is 1. The van der Waals surface area contributed by atoms with Gasteiger partial charge in [-0.2, -0.15) is 0 Å². The number of hydrogen-bond acceptors (Lipinski definition) is 4. The van der Waals surface area contributed by atoms with Crippen LogP contribution < -0.4 is 4.74 Å². The Morgan fingerprint density at radius 2 is 1.71 bits per heavy atom. The first-order chi connectivity index (χ1) is 20.0. The summed E-state index contributed by atoms with van der Waals surface area (Å²) >= 11 is 0. The van der Waals surface area contributed by atoms with Gasteiger partial charge in [-0.3, -0.25) is 0 Å². The predicted octanol–water partition coefficient (Wildman–Crippen LogP) is 9.69. The Morgan fingerprint density at radius 1 is 0.976 bits per heavy atom. The lowest BCUT2D eigenvalue weighted by Gasteiger charge is -2.61. The van der Waals surface area contributed by atoms with Crippen LogP contribution in [-0.4, -0.2) is 24.3 Å². The van der Waals surface area contributed by atoms with Crippen molar-refractivity contribution in [1.82, 2.24) is 0 Å². The Balaban J connectivity index is 1.18. The molecule has 0 saturated heterocycles. The molecule has 42 heavy (non-hydrogen) atoms. The lowest BCUT2D eigenvalue weighted by molar-refractivity contribution is -0.157. The molecule has 0 radical (unpaired) electrons. The molecular weight excluding hydrogens is 520 g/mol. The fourth-order valence-electron chi connectivity index (χ4n) is 10.5. The number of methoxy groups -OCH3 is 1. The Bertz CT molecular complexity index is 1120. The number of hydrogen-bond donors (Lipinski definition) is 1. The van der Waals surface area contributed by atoms with Crippen LogP contribution in [0.1, 0.15) is 118 Å². The molecule has 4 nitrogen and oxygen atoms in total. The highest BCUT2D eigenvalue weighted by Gasteiger charge is 2.60. The minimum Gasteiger partial charge on any atom is -0.504 e. The van der Waals surface area contributed by atoms with E-state index >= 15 is 0 Å². The predicted molar refractivity (Wildman–Crippen MR) is 171 cm³/mol. The lowest BCUT2D eigenvalue weighted by atomic mass is 9.44. The van der Waals surface area contributed by atoms with E-state index in [9.17, 15) is 9.90 Å². The summed E-state index contributed by atoms with van der Waals surface area (Å²) in [6.07, 6.45) is 17.6. The standard InChI is InChI=1S/C38H58O4/c1-24(2)25(3)8-9-26(4)31-14-15-32-30-13-12-28-23-29(18-20-37(28,5)33(30)19-21-38(31,32)6)42-36(40)17-11-27-10-16-34(39)35(22-27)41-7/h10-11,16-17,22,24-26,28-33,39H,8-9,12-15,18-21,23H2,1-7H3/b17-11+/t25?,26-,28+,29+,30?,31-,32?,33?,37+,38-/m1/s1.